The Morgan fingerprint density at radius 2 is 1.73 bits per heavy atom. The number of halogens is 2. The van der Waals surface area contributed by atoms with E-state index in [0.29, 0.717) is 30.4 Å². The number of nitrogens with one attached hydrogen (secondary N) is 2. The Hall–Kier alpha value is -0.0700. The van der Waals surface area contributed by atoms with Crippen LogP contribution in [0.5, 0.6) is 0 Å². The molecule has 7 heteroatoms. The first-order chi connectivity index (χ1) is 11.5. The van der Waals surface area contributed by atoms with Gasteiger partial charge in [0.1, 0.15) is 0 Å². The summed E-state index contributed by atoms with van der Waals surface area (Å²) in [7, 11) is 0. The number of rotatable bonds is 8. The zero-order valence-electron chi connectivity index (χ0n) is 16.7. The van der Waals surface area contributed by atoms with Crippen molar-refractivity contribution in [3.05, 3.63) is 0 Å². The highest BCUT2D eigenvalue weighted by Gasteiger charge is 2.24. The zero-order valence-corrected chi connectivity index (χ0v) is 18.3. The minimum absolute atomic E-state index is 0. The summed E-state index contributed by atoms with van der Waals surface area (Å²) in [5, 5.41) is 6.67. The number of ether oxygens (including phenoxy) is 1. The van der Waals surface area contributed by atoms with Crippen molar-refractivity contribution in [3.8, 4) is 0 Å². The third kappa shape index (κ3) is 9.75. The van der Waals surface area contributed by atoms with Gasteiger partial charge in [0.25, 0.3) is 0 Å². The van der Waals surface area contributed by atoms with Gasteiger partial charge >= 0.3 is 0 Å². The van der Waals surface area contributed by atoms with E-state index in [2.05, 4.69) is 36.3 Å². The van der Waals surface area contributed by atoms with Crippen LogP contribution in [0.15, 0.2) is 0 Å². The van der Waals surface area contributed by atoms with Crippen molar-refractivity contribution in [2.75, 3.05) is 39.3 Å². The molecule has 0 aromatic rings. The second-order valence-corrected chi connectivity index (χ2v) is 7.87. The minimum Gasteiger partial charge on any atom is -0.377 e. The Morgan fingerprint density at radius 3 is 2.31 bits per heavy atom. The fourth-order valence-electron chi connectivity index (χ4n) is 3.88. The van der Waals surface area contributed by atoms with Crippen molar-refractivity contribution in [2.24, 2.45) is 11.8 Å². The standard InChI is InChI=1S/C19H37N3O2.2ClH/c1-15(2)24-13-12-22-10-6-18(7-11-22)21-19(23)14-16(3)17-4-8-20-9-5-17;;/h15-18,20H,4-14H2,1-3H3,(H,21,23);2*1H. The Kier molecular flexibility index (Phi) is 14.0. The smallest absolute Gasteiger partial charge is 0.220 e. The van der Waals surface area contributed by atoms with Gasteiger partial charge in [-0.1, -0.05) is 6.92 Å². The second kappa shape index (κ2) is 14.0. The van der Waals surface area contributed by atoms with Gasteiger partial charge in [-0.3, -0.25) is 4.79 Å². The van der Waals surface area contributed by atoms with Crippen LogP contribution in [0, 0.1) is 11.8 Å². The van der Waals surface area contributed by atoms with Crippen molar-refractivity contribution >= 4 is 30.7 Å². The van der Waals surface area contributed by atoms with Gasteiger partial charge in [-0.2, -0.15) is 0 Å². The molecule has 2 fully saturated rings. The fourth-order valence-corrected chi connectivity index (χ4v) is 3.88. The van der Waals surface area contributed by atoms with Gasteiger partial charge in [-0.15, -0.1) is 24.8 Å². The van der Waals surface area contributed by atoms with Crippen LogP contribution in [-0.2, 0) is 9.53 Å². The molecule has 0 radical (unpaired) electrons. The van der Waals surface area contributed by atoms with Crippen LogP contribution in [-0.4, -0.2) is 62.3 Å². The molecule has 1 unspecified atom stereocenters. The summed E-state index contributed by atoms with van der Waals surface area (Å²) in [6.45, 7) is 12.6. The Morgan fingerprint density at radius 1 is 1.12 bits per heavy atom. The molecular weight excluding hydrogens is 373 g/mol. The van der Waals surface area contributed by atoms with Crippen molar-refractivity contribution < 1.29 is 9.53 Å². The third-order valence-electron chi connectivity index (χ3n) is 5.51. The number of hydrogen-bond donors (Lipinski definition) is 2. The van der Waals surface area contributed by atoms with Crippen molar-refractivity contribution in [1.29, 1.82) is 0 Å². The first kappa shape index (κ1) is 25.9. The molecule has 2 saturated heterocycles. The summed E-state index contributed by atoms with van der Waals surface area (Å²) in [6, 6.07) is 0.361. The zero-order chi connectivity index (χ0) is 17.4. The molecule has 0 aromatic carbocycles. The molecule has 0 spiro atoms. The topological polar surface area (TPSA) is 53.6 Å². The van der Waals surface area contributed by atoms with E-state index in [0.717, 1.165) is 52.2 Å². The molecular formula is C19H39Cl2N3O2. The van der Waals surface area contributed by atoms with Gasteiger partial charge in [0, 0.05) is 32.1 Å². The van der Waals surface area contributed by atoms with Crippen molar-refractivity contribution in [3.63, 3.8) is 0 Å². The highest BCUT2D eigenvalue weighted by molar-refractivity contribution is 5.85. The lowest BCUT2D eigenvalue weighted by Gasteiger charge is -2.33. The maximum absolute atomic E-state index is 12.3. The molecule has 26 heavy (non-hydrogen) atoms. The first-order valence-electron chi connectivity index (χ1n) is 9.88. The number of carbonyl (C=O) groups is 1. The van der Waals surface area contributed by atoms with E-state index < -0.39 is 0 Å². The largest absolute Gasteiger partial charge is 0.377 e. The predicted octanol–water partition coefficient (Wildman–Crippen LogP) is 2.86. The van der Waals surface area contributed by atoms with Gasteiger partial charge in [0.15, 0.2) is 0 Å². The average Bonchev–Trinajstić information content (AvgIpc) is 2.57. The average molecular weight is 412 g/mol. The quantitative estimate of drug-likeness (QED) is 0.644. The summed E-state index contributed by atoms with van der Waals surface area (Å²) >= 11 is 0. The predicted molar refractivity (Wildman–Crippen MR) is 113 cm³/mol. The molecule has 1 atom stereocenters. The molecule has 5 nitrogen and oxygen atoms in total. The molecule has 0 saturated carbocycles. The molecule has 0 aromatic heterocycles. The number of piperidine rings is 2. The van der Waals surface area contributed by atoms with Crippen LogP contribution in [0.1, 0.15) is 52.9 Å². The summed E-state index contributed by atoms with van der Waals surface area (Å²) < 4.78 is 5.62. The maximum atomic E-state index is 12.3. The van der Waals surface area contributed by atoms with Crippen LogP contribution in [0.25, 0.3) is 0 Å². The molecule has 1 amide bonds. The van der Waals surface area contributed by atoms with E-state index >= 15 is 0 Å². The van der Waals surface area contributed by atoms with Gasteiger partial charge in [0.2, 0.25) is 5.91 Å². The number of carbonyl (C=O) groups excluding carboxylic acids is 1. The second-order valence-electron chi connectivity index (χ2n) is 7.87. The summed E-state index contributed by atoms with van der Waals surface area (Å²) in [5.74, 6) is 1.46. The van der Waals surface area contributed by atoms with Crippen LogP contribution in [0.2, 0.25) is 0 Å². The Bertz CT molecular complexity index is 372. The molecule has 2 aliphatic heterocycles. The highest BCUT2D eigenvalue weighted by Crippen LogP contribution is 2.24. The van der Waals surface area contributed by atoms with E-state index in [9.17, 15) is 4.79 Å². The molecule has 156 valence electrons. The Balaban J connectivity index is 0.00000312. The van der Waals surface area contributed by atoms with E-state index in [1.165, 1.54) is 12.8 Å². The third-order valence-corrected chi connectivity index (χ3v) is 5.51. The van der Waals surface area contributed by atoms with E-state index in [-0.39, 0.29) is 30.7 Å². The molecule has 0 bridgehead atoms. The van der Waals surface area contributed by atoms with Crippen LogP contribution >= 0.6 is 24.8 Å². The number of likely N-dealkylation sites (tertiary alicyclic amines) is 1. The molecule has 2 heterocycles. The van der Waals surface area contributed by atoms with Crippen LogP contribution in [0.4, 0.5) is 0 Å². The lowest BCUT2D eigenvalue weighted by Crippen LogP contribution is -2.46. The van der Waals surface area contributed by atoms with Crippen molar-refractivity contribution in [2.45, 2.75) is 65.0 Å². The summed E-state index contributed by atoms with van der Waals surface area (Å²) in [6.07, 6.45) is 5.55. The maximum Gasteiger partial charge on any atom is 0.220 e. The number of nitrogens with zero attached hydrogens (tertiary/aromatic N) is 1. The van der Waals surface area contributed by atoms with Crippen LogP contribution in [0.3, 0.4) is 0 Å². The van der Waals surface area contributed by atoms with E-state index in [1.54, 1.807) is 0 Å². The molecule has 2 aliphatic rings. The monoisotopic (exact) mass is 411 g/mol. The lowest BCUT2D eigenvalue weighted by atomic mass is 9.84. The van der Waals surface area contributed by atoms with E-state index in [4.69, 9.17) is 4.74 Å². The fraction of sp³-hybridized carbons (Fsp3) is 0.947. The SMILES string of the molecule is CC(C)OCCN1CCC(NC(=O)CC(C)C2CCNCC2)CC1.Cl.Cl. The normalized spacial score (nSPS) is 20.9. The molecule has 2 rings (SSSR count). The first-order valence-corrected chi connectivity index (χ1v) is 9.88. The highest BCUT2D eigenvalue weighted by atomic mass is 35.5. The van der Waals surface area contributed by atoms with Crippen LogP contribution < -0.4 is 10.6 Å². The van der Waals surface area contributed by atoms with Gasteiger partial charge < -0.3 is 20.3 Å². The summed E-state index contributed by atoms with van der Waals surface area (Å²) in [5.41, 5.74) is 0. The molecule has 2 N–H and O–H groups in total. The summed E-state index contributed by atoms with van der Waals surface area (Å²) in [4.78, 5) is 14.8. The Labute approximate surface area is 172 Å². The van der Waals surface area contributed by atoms with Crippen molar-refractivity contribution in [1.82, 2.24) is 15.5 Å². The minimum atomic E-state index is 0. The number of amides is 1. The lowest BCUT2D eigenvalue weighted by molar-refractivity contribution is -0.123. The number of hydrogen-bond acceptors (Lipinski definition) is 4. The molecule has 0 aliphatic carbocycles. The van der Waals surface area contributed by atoms with E-state index in [1.807, 2.05) is 0 Å². The van der Waals surface area contributed by atoms with Gasteiger partial charge in [0.05, 0.1) is 12.7 Å². The van der Waals surface area contributed by atoms with Gasteiger partial charge in [-0.05, 0) is 64.5 Å². The van der Waals surface area contributed by atoms with Gasteiger partial charge in [-0.25, -0.2) is 0 Å².